The lowest BCUT2D eigenvalue weighted by Gasteiger charge is -2.21. The Morgan fingerprint density at radius 3 is 2.58 bits per heavy atom. The van der Waals surface area contributed by atoms with Crippen LogP contribution in [0.1, 0.15) is 48.3 Å². The highest BCUT2D eigenvalue weighted by molar-refractivity contribution is 7.66. The number of carbonyl (C=O) groups excluding carboxylic acids is 3. The quantitative estimate of drug-likeness (QED) is 0.0166. The molecule has 33 heteroatoms. The van der Waals surface area contributed by atoms with Gasteiger partial charge in [0.2, 0.25) is 5.91 Å². The number of ether oxygens (including phenoxy) is 5. The Hall–Kier alpha value is -5.26. The maximum atomic E-state index is 12.8. The van der Waals surface area contributed by atoms with Crippen LogP contribution in [0.15, 0.2) is 45.5 Å². The Bertz CT molecular complexity index is 2330. The lowest BCUT2D eigenvalue weighted by atomic mass is 10.2. The van der Waals surface area contributed by atoms with Crippen molar-refractivity contribution in [2.24, 2.45) is 10.2 Å². The van der Waals surface area contributed by atoms with Gasteiger partial charge in [0.15, 0.2) is 6.23 Å². The first-order valence-electron chi connectivity index (χ1n) is 18.2. The number of hydrogen-bond acceptors (Lipinski definition) is 19. The van der Waals surface area contributed by atoms with E-state index in [0.717, 1.165) is 10.8 Å². The lowest BCUT2D eigenvalue weighted by molar-refractivity contribution is -0.126. The van der Waals surface area contributed by atoms with Crippen molar-refractivity contribution in [1.82, 2.24) is 20.2 Å². The van der Waals surface area contributed by atoms with Gasteiger partial charge in [0.1, 0.15) is 49.6 Å². The van der Waals surface area contributed by atoms with Crippen molar-refractivity contribution in [3.05, 3.63) is 73.0 Å². The molecule has 8 N–H and O–H groups in total. The summed E-state index contributed by atoms with van der Waals surface area (Å²) in [5, 5.41) is 11.9. The Morgan fingerprint density at radius 1 is 1.11 bits per heavy atom. The monoisotopic (exact) mass is 965 g/mol. The molecule has 0 spiro atoms. The van der Waals surface area contributed by atoms with Gasteiger partial charge in [-0.15, -0.1) is 0 Å². The van der Waals surface area contributed by atoms with Crippen LogP contribution in [0.4, 0.5) is 5.82 Å². The van der Waals surface area contributed by atoms with E-state index in [1.54, 1.807) is 18.2 Å². The Morgan fingerprint density at radius 2 is 1.88 bits per heavy atom. The summed E-state index contributed by atoms with van der Waals surface area (Å²) in [6.45, 7) is -0.822. The van der Waals surface area contributed by atoms with Crippen LogP contribution in [-0.2, 0) is 55.4 Å². The van der Waals surface area contributed by atoms with Gasteiger partial charge in [0.25, 0.3) is 5.91 Å². The van der Waals surface area contributed by atoms with Crippen LogP contribution in [0.2, 0.25) is 0 Å². The summed E-state index contributed by atoms with van der Waals surface area (Å²) in [5.74, 6) is 4.31. The van der Waals surface area contributed by atoms with Gasteiger partial charge in [-0.2, -0.15) is 13.6 Å². The number of amides is 2. The third kappa shape index (κ3) is 20.1. The number of phosphoric acid groups is 3. The molecule has 0 bridgehead atoms. The number of phosphoric ester groups is 1. The van der Waals surface area contributed by atoms with E-state index in [0.29, 0.717) is 30.7 Å². The van der Waals surface area contributed by atoms with Crippen LogP contribution in [-0.4, -0.2) is 118 Å². The van der Waals surface area contributed by atoms with Gasteiger partial charge in [-0.25, -0.2) is 18.5 Å². The van der Waals surface area contributed by atoms with Gasteiger partial charge in [-0.05, 0) is 42.6 Å². The minimum atomic E-state index is -5.83. The average Bonchev–Trinajstić information content (AvgIpc) is 3.61. The van der Waals surface area contributed by atoms with Gasteiger partial charge >= 0.3 is 29.2 Å². The maximum Gasteiger partial charge on any atom is 0.490 e. The topological polar surface area (TPSA) is 440 Å². The third-order valence-electron chi connectivity index (χ3n) is 7.73. The number of benzene rings is 1. The van der Waals surface area contributed by atoms with Gasteiger partial charge in [0, 0.05) is 41.0 Å². The molecule has 64 heavy (non-hydrogen) atoms. The van der Waals surface area contributed by atoms with Gasteiger partial charge in [0.05, 0.1) is 38.0 Å². The summed E-state index contributed by atoms with van der Waals surface area (Å²) in [6.07, 6.45) is -3.07. The van der Waals surface area contributed by atoms with Gasteiger partial charge < -0.3 is 64.4 Å². The number of anilines is 1. The average molecular weight is 966 g/mol. The predicted molar refractivity (Wildman–Crippen MR) is 214 cm³/mol. The van der Waals surface area contributed by atoms with Crippen molar-refractivity contribution in [2.45, 2.75) is 50.8 Å². The molecule has 0 aliphatic carbocycles. The van der Waals surface area contributed by atoms with E-state index in [2.05, 4.69) is 60.7 Å². The number of hydrogen-bond donors (Lipinski definition) is 7. The maximum absolute atomic E-state index is 12.8. The zero-order valence-corrected chi connectivity index (χ0v) is 36.1. The molecule has 0 saturated carbocycles. The van der Waals surface area contributed by atoms with E-state index < -0.39 is 79.7 Å². The number of rotatable bonds is 27. The number of carbonyl (C=O) groups is 3. The molecular weight excluding hydrogens is 923 g/mol. The van der Waals surface area contributed by atoms with Crippen LogP contribution >= 0.6 is 23.5 Å². The molecule has 1 fully saturated rings. The van der Waals surface area contributed by atoms with Crippen LogP contribution < -0.4 is 26.8 Å². The van der Waals surface area contributed by atoms with E-state index >= 15 is 0 Å². The normalized spacial score (nSPS) is 18.1. The van der Waals surface area contributed by atoms with Gasteiger partial charge in [-0.3, -0.25) is 18.7 Å². The number of nitrogens with two attached hydrogens (primary N) is 1. The summed E-state index contributed by atoms with van der Waals surface area (Å²) in [7, 11) is -17.1. The Balaban J connectivity index is 1.49. The van der Waals surface area contributed by atoms with Crippen molar-refractivity contribution >= 4 is 46.9 Å². The second-order valence-corrected chi connectivity index (χ2v) is 17.0. The van der Waals surface area contributed by atoms with E-state index in [1.807, 2.05) is 0 Å². The molecule has 2 aromatic rings. The fourth-order valence-corrected chi connectivity index (χ4v) is 8.09. The highest BCUT2D eigenvalue weighted by Gasteiger charge is 2.43. The zero-order chi connectivity index (χ0) is 47.3. The molecule has 1 saturated heterocycles. The van der Waals surface area contributed by atoms with Crippen molar-refractivity contribution in [3.8, 4) is 17.6 Å². The van der Waals surface area contributed by atoms with Crippen LogP contribution in [0, 0.1) is 11.8 Å². The molecule has 6 atom stereocenters. The molecule has 1 aliphatic rings. The van der Waals surface area contributed by atoms with Crippen molar-refractivity contribution in [2.75, 3.05) is 58.6 Å². The highest BCUT2D eigenvalue weighted by atomic mass is 31.3. The summed E-state index contributed by atoms with van der Waals surface area (Å²) in [5.41, 5.74) is 22.7. The largest absolute Gasteiger partial charge is 0.491 e. The van der Waals surface area contributed by atoms with Crippen LogP contribution in [0.25, 0.3) is 20.9 Å². The minimum Gasteiger partial charge on any atom is -0.491 e. The molecule has 4 unspecified atom stereocenters. The number of aromatic nitrogens is 2. The van der Waals surface area contributed by atoms with Crippen LogP contribution in [0.5, 0.6) is 5.75 Å². The standard InChI is InChI=1S/C31H42N11O19P3/c1-20(43)5-3-10-36-30(45)21-6-2-8-23(13-21)56-18-27(39-41-34)55-12-11-54-17-26(44)35-9-4-7-22-15-42(31(46)38-29(22)32)28-14-24(57-19-37-40-33)25(59-28)16-58-63(50,51)61-64(52,53)60-62(47,48)49/h2,6,8,13,15,24-25,27-28H,3,5,9-12,14,16-19H2,1H3,(H,35,44)(H,36,45)(H,50,51)(H,52,53)(H2,32,38,46)(H2,47,48,49)/t24-,25?,27?,28+/m1/s1. The molecule has 350 valence electrons. The first-order chi connectivity index (χ1) is 30.2. The van der Waals surface area contributed by atoms with Crippen LogP contribution in [0.3, 0.4) is 0 Å². The highest BCUT2D eigenvalue weighted by Crippen LogP contribution is 2.66. The fourth-order valence-electron chi connectivity index (χ4n) is 5.06. The first kappa shape index (κ1) is 53.1. The summed E-state index contributed by atoms with van der Waals surface area (Å²) >= 11 is 0. The summed E-state index contributed by atoms with van der Waals surface area (Å²) in [4.78, 5) is 94.2. The fraction of sp³-hybridized carbons (Fsp3) is 0.516. The van der Waals surface area contributed by atoms with E-state index in [4.69, 9.17) is 50.3 Å². The van der Waals surface area contributed by atoms with Gasteiger partial charge in [-0.1, -0.05) is 28.1 Å². The van der Waals surface area contributed by atoms with Crippen molar-refractivity contribution in [3.63, 3.8) is 0 Å². The SMILES string of the molecule is CC(=O)CCCNC(=O)c1cccc(OCC(N=[N+]=[N-])OCCOCC(=O)NCC#Cc2cn([C@@H]3C[C@@H](OCN=[N+]=[N-])C(COP(=O)(O)OP(=O)(O)OP(=O)(O)O)O3)c(=O)nc2N)c1. The third-order valence-corrected chi connectivity index (χ3v) is 11.5. The summed E-state index contributed by atoms with van der Waals surface area (Å²) in [6, 6.07) is 6.24. The van der Waals surface area contributed by atoms with Crippen molar-refractivity contribution in [1.29, 1.82) is 0 Å². The minimum absolute atomic E-state index is 0.0108. The Labute approximate surface area is 361 Å². The second-order valence-electron chi connectivity index (χ2n) is 12.6. The molecule has 0 radical (unpaired) electrons. The predicted octanol–water partition coefficient (Wildman–Crippen LogP) is 1.42. The number of ketones is 1. The zero-order valence-electron chi connectivity index (χ0n) is 33.4. The molecule has 1 aromatic carbocycles. The molecule has 2 amide bonds. The molecular formula is C31H42N11O19P3. The molecule has 3 rings (SSSR count). The van der Waals surface area contributed by atoms with Crippen molar-refractivity contribution < 1.29 is 84.5 Å². The number of Topliss-reactive ketones (excluding diaryl/α,β-unsaturated/α-hetero) is 1. The number of azide groups is 2. The molecule has 1 aliphatic heterocycles. The number of nitrogens with zero attached hydrogens (tertiary/aromatic N) is 8. The molecule has 30 nitrogen and oxygen atoms in total. The van der Waals surface area contributed by atoms with E-state index in [-0.39, 0.29) is 55.9 Å². The molecule has 1 aromatic heterocycles. The first-order valence-corrected chi connectivity index (χ1v) is 22.7. The number of nitrogen functional groups attached to an aromatic ring is 1. The summed E-state index contributed by atoms with van der Waals surface area (Å²) < 4.78 is 75.2. The van der Waals surface area contributed by atoms with E-state index in [1.165, 1.54) is 13.0 Å². The number of nitrogens with one attached hydrogen (secondary N) is 2. The lowest BCUT2D eigenvalue weighted by Crippen LogP contribution is -2.30. The second kappa shape index (κ2) is 25.9. The molecule has 2 heterocycles. The van der Waals surface area contributed by atoms with E-state index in [9.17, 15) is 42.7 Å². The smallest absolute Gasteiger partial charge is 0.490 e. The Kier molecular flexibility index (Phi) is 21.5.